The first-order valence-corrected chi connectivity index (χ1v) is 7.25. The lowest BCUT2D eigenvalue weighted by Gasteiger charge is -2.14. The van der Waals surface area contributed by atoms with E-state index in [1.807, 2.05) is 23.0 Å². The number of rotatable bonds is 6. The Kier molecular flexibility index (Phi) is 5.13. The number of hydrogen-bond donors (Lipinski definition) is 2. The van der Waals surface area contributed by atoms with E-state index in [-0.39, 0.29) is 6.04 Å². The van der Waals surface area contributed by atoms with Crippen LogP contribution >= 0.6 is 15.9 Å². The predicted molar refractivity (Wildman–Crippen MR) is 80.4 cm³/mol. The average molecular weight is 323 g/mol. The van der Waals surface area contributed by atoms with Crippen LogP contribution in [-0.2, 0) is 13.0 Å². The maximum absolute atomic E-state index is 5.67. The van der Waals surface area contributed by atoms with Gasteiger partial charge in [0.2, 0.25) is 0 Å². The van der Waals surface area contributed by atoms with Crippen LogP contribution in [0.2, 0.25) is 0 Å². The molecule has 0 bridgehead atoms. The topological polar surface area (TPSA) is 55.9 Å². The van der Waals surface area contributed by atoms with Crippen LogP contribution in [0.3, 0.4) is 0 Å². The summed E-state index contributed by atoms with van der Waals surface area (Å²) in [6.45, 7) is 3.08. The molecule has 0 saturated heterocycles. The lowest BCUT2D eigenvalue weighted by Crippen LogP contribution is -2.29. The van der Waals surface area contributed by atoms with Crippen LogP contribution in [0, 0.1) is 0 Å². The fourth-order valence-electron chi connectivity index (χ4n) is 2.04. The van der Waals surface area contributed by atoms with Crippen LogP contribution in [0.1, 0.15) is 30.5 Å². The Hall–Kier alpha value is -1.17. The highest BCUT2D eigenvalue weighted by molar-refractivity contribution is 9.10. The number of aryl methyl sites for hydroxylation is 1. The third-order valence-electron chi connectivity index (χ3n) is 3.06. The quantitative estimate of drug-likeness (QED) is 0.635. The van der Waals surface area contributed by atoms with Crippen LogP contribution < -0.4 is 11.3 Å². The fraction of sp³-hybridized carbons (Fsp3) is 0.357. The number of nitrogens with one attached hydrogen (secondary N) is 1. The maximum atomic E-state index is 5.67. The van der Waals surface area contributed by atoms with E-state index < -0.39 is 0 Å². The van der Waals surface area contributed by atoms with E-state index >= 15 is 0 Å². The van der Waals surface area contributed by atoms with Gasteiger partial charge >= 0.3 is 0 Å². The third kappa shape index (κ3) is 3.89. The zero-order valence-corrected chi connectivity index (χ0v) is 12.6. The van der Waals surface area contributed by atoms with E-state index in [4.69, 9.17) is 5.84 Å². The lowest BCUT2D eigenvalue weighted by molar-refractivity contribution is 0.548. The largest absolute Gasteiger partial charge is 0.272 e. The zero-order valence-electron chi connectivity index (χ0n) is 11.0. The number of nitrogens with zero attached hydrogens (tertiary/aromatic N) is 2. The summed E-state index contributed by atoms with van der Waals surface area (Å²) in [5.74, 6) is 5.67. The molecule has 102 valence electrons. The highest BCUT2D eigenvalue weighted by atomic mass is 79.9. The molecule has 0 aliphatic rings. The molecule has 1 atom stereocenters. The number of halogens is 1. The minimum atomic E-state index is 0.0896. The molecule has 3 N–H and O–H groups in total. The molecule has 0 spiro atoms. The third-order valence-corrected chi connectivity index (χ3v) is 3.59. The van der Waals surface area contributed by atoms with Crippen LogP contribution in [0.25, 0.3) is 0 Å². The summed E-state index contributed by atoms with van der Waals surface area (Å²) >= 11 is 3.44. The van der Waals surface area contributed by atoms with Gasteiger partial charge < -0.3 is 0 Å². The van der Waals surface area contributed by atoms with E-state index in [1.54, 1.807) is 0 Å². The van der Waals surface area contributed by atoms with Gasteiger partial charge in [0.25, 0.3) is 0 Å². The molecule has 4 nitrogen and oxygen atoms in total. The van der Waals surface area contributed by atoms with Gasteiger partial charge in [-0.2, -0.15) is 5.10 Å². The number of benzene rings is 1. The van der Waals surface area contributed by atoms with Gasteiger partial charge in [-0.25, -0.2) is 0 Å². The molecule has 0 aliphatic carbocycles. The number of hydrogen-bond acceptors (Lipinski definition) is 3. The highest BCUT2D eigenvalue weighted by Crippen LogP contribution is 2.19. The second-order valence-corrected chi connectivity index (χ2v) is 5.50. The standard InChI is InChI=1S/C14H19BrN4/c1-2-7-19-10-12(9-17-19)14(18-16)8-11-3-5-13(15)6-4-11/h3-6,9-10,14,18H,2,7-8,16H2,1H3. The molecule has 0 radical (unpaired) electrons. The summed E-state index contributed by atoms with van der Waals surface area (Å²) in [6, 6.07) is 8.38. The first kappa shape index (κ1) is 14.2. The molecule has 1 heterocycles. The number of nitrogens with two attached hydrogens (primary N) is 1. The minimum absolute atomic E-state index is 0.0896. The predicted octanol–water partition coefficient (Wildman–Crippen LogP) is 2.80. The van der Waals surface area contributed by atoms with E-state index in [0.717, 1.165) is 29.4 Å². The Morgan fingerprint density at radius 1 is 1.37 bits per heavy atom. The van der Waals surface area contributed by atoms with E-state index in [1.165, 1.54) is 5.56 Å². The van der Waals surface area contributed by atoms with Crippen molar-refractivity contribution in [1.82, 2.24) is 15.2 Å². The van der Waals surface area contributed by atoms with Crippen molar-refractivity contribution in [1.29, 1.82) is 0 Å². The highest BCUT2D eigenvalue weighted by Gasteiger charge is 2.12. The van der Waals surface area contributed by atoms with Gasteiger partial charge in [0.15, 0.2) is 0 Å². The normalized spacial score (nSPS) is 12.6. The van der Waals surface area contributed by atoms with Gasteiger partial charge in [-0.15, -0.1) is 0 Å². The van der Waals surface area contributed by atoms with E-state index in [9.17, 15) is 0 Å². The second kappa shape index (κ2) is 6.84. The van der Waals surface area contributed by atoms with Gasteiger partial charge in [0.1, 0.15) is 0 Å². The first-order valence-electron chi connectivity index (χ1n) is 6.46. The van der Waals surface area contributed by atoms with Crippen molar-refractivity contribution >= 4 is 15.9 Å². The van der Waals surface area contributed by atoms with Crippen LogP contribution in [0.4, 0.5) is 0 Å². The number of aromatic nitrogens is 2. The molecule has 0 aliphatic heterocycles. The zero-order chi connectivity index (χ0) is 13.7. The molecule has 2 aromatic rings. The molecule has 0 amide bonds. The molecular weight excluding hydrogens is 304 g/mol. The molecule has 0 saturated carbocycles. The monoisotopic (exact) mass is 322 g/mol. The molecule has 19 heavy (non-hydrogen) atoms. The van der Waals surface area contributed by atoms with Crippen molar-refractivity contribution in [2.45, 2.75) is 32.4 Å². The van der Waals surface area contributed by atoms with Gasteiger partial charge in [0, 0.05) is 22.8 Å². The smallest absolute Gasteiger partial charge is 0.0538 e. The minimum Gasteiger partial charge on any atom is -0.272 e. The van der Waals surface area contributed by atoms with E-state index in [2.05, 4.69) is 51.7 Å². The molecule has 5 heteroatoms. The van der Waals surface area contributed by atoms with Gasteiger partial charge in [-0.05, 0) is 30.5 Å². The van der Waals surface area contributed by atoms with E-state index in [0.29, 0.717) is 0 Å². The summed E-state index contributed by atoms with van der Waals surface area (Å²) in [6.07, 6.45) is 5.88. The summed E-state index contributed by atoms with van der Waals surface area (Å²) < 4.78 is 3.05. The average Bonchev–Trinajstić information content (AvgIpc) is 2.87. The summed E-state index contributed by atoms with van der Waals surface area (Å²) in [5.41, 5.74) is 5.24. The molecule has 1 aromatic carbocycles. The Morgan fingerprint density at radius 2 is 2.11 bits per heavy atom. The van der Waals surface area contributed by atoms with Gasteiger partial charge in [0.05, 0.1) is 12.2 Å². The summed E-state index contributed by atoms with van der Waals surface area (Å²) in [5, 5.41) is 4.34. The summed E-state index contributed by atoms with van der Waals surface area (Å²) in [4.78, 5) is 0. The van der Waals surface area contributed by atoms with Gasteiger partial charge in [-0.3, -0.25) is 16.0 Å². The molecule has 2 rings (SSSR count). The Bertz CT molecular complexity index is 506. The molecule has 1 unspecified atom stereocenters. The van der Waals surface area contributed by atoms with Crippen LogP contribution in [0.15, 0.2) is 41.1 Å². The second-order valence-electron chi connectivity index (χ2n) is 4.59. The molecular formula is C14H19BrN4. The van der Waals surface area contributed by atoms with Crippen LogP contribution in [0.5, 0.6) is 0 Å². The SMILES string of the molecule is CCCn1cc(C(Cc2ccc(Br)cc2)NN)cn1. The maximum Gasteiger partial charge on any atom is 0.0538 e. The lowest BCUT2D eigenvalue weighted by atomic mass is 10.0. The van der Waals surface area contributed by atoms with Crippen molar-refractivity contribution in [2.75, 3.05) is 0 Å². The van der Waals surface area contributed by atoms with Gasteiger partial charge in [-0.1, -0.05) is 35.0 Å². The molecule has 1 aromatic heterocycles. The first-order chi connectivity index (χ1) is 9.22. The van der Waals surface area contributed by atoms with Crippen molar-refractivity contribution < 1.29 is 0 Å². The Morgan fingerprint density at radius 3 is 2.74 bits per heavy atom. The van der Waals surface area contributed by atoms with Crippen LogP contribution in [-0.4, -0.2) is 9.78 Å². The van der Waals surface area contributed by atoms with Crippen molar-refractivity contribution in [3.05, 3.63) is 52.3 Å². The van der Waals surface area contributed by atoms with Crippen molar-refractivity contribution in [3.63, 3.8) is 0 Å². The molecule has 0 fully saturated rings. The van der Waals surface area contributed by atoms with Crippen molar-refractivity contribution in [2.24, 2.45) is 5.84 Å². The number of hydrazine groups is 1. The Labute approximate surface area is 122 Å². The fourth-order valence-corrected chi connectivity index (χ4v) is 2.30. The summed E-state index contributed by atoms with van der Waals surface area (Å²) in [7, 11) is 0. The van der Waals surface area contributed by atoms with Crippen molar-refractivity contribution in [3.8, 4) is 0 Å². The Balaban J connectivity index is 2.08.